The molecule has 2 aliphatic rings. The summed E-state index contributed by atoms with van der Waals surface area (Å²) in [6, 6.07) is 2.69. The molecule has 2 heterocycles. The molecule has 0 aromatic heterocycles. The lowest BCUT2D eigenvalue weighted by Gasteiger charge is -2.25. The van der Waals surface area contributed by atoms with Crippen LogP contribution >= 0.6 is 0 Å². The first-order valence-corrected chi connectivity index (χ1v) is 11.8. The minimum atomic E-state index is -4.39. The molecular weight excluding hydrogens is 438 g/mol. The summed E-state index contributed by atoms with van der Waals surface area (Å²) in [4.78, 5) is 41.7. The highest BCUT2D eigenvalue weighted by Gasteiger charge is 2.38. The molecule has 2 aliphatic heterocycles. The van der Waals surface area contributed by atoms with Gasteiger partial charge in [0.25, 0.3) is 0 Å². The number of hydrogen-bond acceptors (Lipinski definition) is 7. The minimum absolute atomic E-state index is 0.0419. The van der Waals surface area contributed by atoms with Gasteiger partial charge < -0.3 is 25.2 Å². The number of likely N-dealkylation sites (tertiary alicyclic amines) is 1. The number of carbonyl (C=O) groups excluding carboxylic acids is 3. The smallest absolute Gasteiger partial charge is 0.250 e. The van der Waals surface area contributed by atoms with Crippen molar-refractivity contribution < 1.29 is 27.5 Å². The van der Waals surface area contributed by atoms with Crippen molar-refractivity contribution in [2.45, 2.75) is 36.2 Å². The number of methoxy groups -OCH3 is 1. The van der Waals surface area contributed by atoms with Gasteiger partial charge in [0.05, 0.1) is 12.8 Å². The normalized spacial score (nSPS) is 20.1. The Morgan fingerprint density at radius 2 is 2.00 bits per heavy atom. The molecule has 2 saturated heterocycles. The van der Waals surface area contributed by atoms with Crippen molar-refractivity contribution in [1.82, 2.24) is 14.5 Å². The summed E-state index contributed by atoms with van der Waals surface area (Å²) in [7, 11) is 0.672. The van der Waals surface area contributed by atoms with E-state index in [1.807, 2.05) is 19.0 Å². The number of primary amides is 1. The molecule has 1 aromatic carbocycles. The SMILES string of the molecule is COc1c(N2CCCC2=O)cccc1S(=O)(=O)N[C@@H](C(N)=O)C(=O)N1CC[C@H](N(C)C)C1. The maximum Gasteiger partial charge on any atom is 0.250 e. The number of likely N-dealkylation sites (N-methyl/N-ethyl adjacent to an activating group) is 1. The van der Waals surface area contributed by atoms with E-state index in [9.17, 15) is 22.8 Å². The molecule has 0 spiro atoms. The highest BCUT2D eigenvalue weighted by atomic mass is 32.2. The number of nitrogens with one attached hydrogen (secondary N) is 1. The first kappa shape index (κ1) is 24.0. The van der Waals surface area contributed by atoms with Gasteiger partial charge in [0.2, 0.25) is 27.7 Å². The lowest BCUT2D eigenvalue weighted by atomic mass is 10.2. The first-order valence-electron chi connectivity index (χ1n) is 10.3. The van der Waals surface area contributed by atoms with Crippen molar-refractivity contribution in [3.8, 4) is 5.75 Å². The molecule has 0 aliphatic carbocycles. The molecular formula is C20H29N5O6S. The number of carbonyl (C=O) groups is 3. The van der Waals surface area contributed by atoms with Crippen LogP contribution in [0.25, 0.3) is 0 Å². The predicted octanol–water partition coefficient (Wildman–Crippen LogP) is -0.883. The van der Waals surface area contributed by atoms with Crippen molar-refractivity contribution >= 4 is 33.4 Å². The van der Waals surface area contributed by atoms with Crippen LogP contribution in [0.2, 0.25) is 0 Å². The van der Waals surface area contributed by atoms with Gasteiger partial charge in [-0.3, -0.25) is 14.4 Å². The van der Waals surface area contributed by atoms with Crippen LogP contribution in [0.5, 0.6) is 5.75 Å². The van der Waals surface area contributed by atoms with Crippen LogP contribution in [-0.4, -0.2) is 88.9 Å². The van der Waals surface area contributed by atoms with Gasteiger partial charge in [-0.25, -0.2) is 8.42 Å². The summed E-state index contributed by atoms with van der Waals surface area (Å²) in [5.74, 6) is -1.98. The van der Waals surface area contributed by atoms with E-state index >= 15 is 0 Å². The number of nitrogens with two attached hydrogens (primary N) is 1. The molecule has 1 aromatic rings. The van der Waals surface area contributed by atoms with Crippen molar-refractivity contribution in [2.75, 3.05) is 45.7 Å². The summed E-state index contributed by atoms with van der Waals surface area (Å²) >= 11 is 0. The van der Waals surface area contributed by atoms with Crippen LogP contribution in [0, 0.1) is 0 Å². The lowest BCUT2D eigenvalue weighted by Crippen LogP contribution is -2.54. The molecule has 32 heavy (non-hydrogen) atoms. The zero-order chi connectivity index (χ0) is 23.6. The van der Waals surface area contributed by atoms with E-state index in [-0.39, 0.29) is 22.6 Å². The fraction of sp³-hybridized carbons (Fsp3) is 0.550. The summed E-state index contributed by atoms with van der Waals surface area (Å²) in [6.07, 6.45) is 1.72. The second kappa shape index (κ2) is 9.43. The Balaban J connectivity index is 1.89. The second-order valence-corrected chi connectivity index (χ2v) is 9.79. The Bertz CT molecular complexity index is 1010. The molecule has 2 fully saturated rings. The quantitative estimate of drug-likeness (QED) is 0.473. The molecule has 11 nitrogen and oxygen atoms in total. The standard InChI is InChI=1S/C20H29N5O6S/c1-23(2)13-9-11-24(12-13)20(28)17(19(21)27)22-32(29,30)15-7-4-6-14(18(15)31-3)25-10-5-8-16(25)26/h4,6-7,13,17,22H,5,8-12H2,1-3H3,(H2,21,27)/t13-,17-/m0/s1. The fourth-order valence-corrected chi connectivity index (χ4v) is 5.38. The van der Waals surface area contributed by atoms with Crippen molar-refractivity contribution in [1.29, 1.82) is 0 Å². The summed E-state index contributed by atoms with van der Waals surface area (Å²) in [6.45, 7) is 1.20. The molecule has 0 radical (unpaired) electrons. The maximum absolute atomic E-state index is 13.2. The zero-order valence-electron chi connectivity index (χ0n) is 18.4. The third kappa shape index (κ3) is 4.71. The number of nitrogens with zero attached hydrogens (tertiary/aromatic N) is 3. The van der Waals surface area contributed by atoms with Gasteiger partial charge in [0.1, 0.15) is 4.90 Å². The van der Waals surface area contributed by atoms with E-state index in [1.165, 1.54) is 29.0 Å². The van der Waals surface area contributed by atoms with Gasteiger partial charge in [0, 0.05) is 32.1 Å². The number of sulfonamides is 1. The van der Waals surface area contributed by atoms with Crippen LogP contribution in [0.15, 0.2) is 23.1 Å². The van der Waals surface area contributed by atoms with E-state index in [0.29, 0.717) is 44.6 Å². The van der Waals surface area contributed by atoms with Gasteiger partial charge in [-0.2, -0.15) is 4.72 Å². The van der Waals surface area contributed by atoms with Crippen LogP contribution < -0.4 is 20.1 Å². The molecule has 0 saturated carbocycles. The second-order valence-electron chi connectivity index (χ2n) is 8.10. The number of rotatable bonds is 8. The monoisotopic (exact) mass is 467 g/mol. The molecule has 0 bridgehead atoms. The lowest BCUT2D eigenvalue weighted by molar-refractivity contribution is -0.136. The Labute approximate surface area is 187 Å². The van der Waals surface area contributed by atoms with Gasteiger partial charge in [0.15, 0.2) is 11.8 Å². The van der Waals surface area contributed by atoms with E-state index in [0.717, 1.165) is 0 Å². The topological polar surface area (TPSA) is 142 Å². The zero-order valence-corrected chi connectivity index (χ0v) is 19.2. The number of hydrogen-bond donors (Lipinski definition) is 2. The molecule has 3 N–H and O–H groups in total. The molecule has 12 heteroatoms. The minimum Gasteiger partial charge on any atom is -0.493 e. The number of ether oxygens (including phenoxy) is 1. The third-order valence-electron chi connectivity index (χ3n) is 5.83. The average Bonchev–Trinajstić information content (AvgIpc) is 3.40. The summed E-state index contributed by atoms with van der Waals surface area (Å²) in [5.41, 5.74) is 5.71. The highest BCUT2D eigenvalue weighted by Crippen LogP contribution is 2.36. The van der Waals surface area contributed by atoms with Crippen LogP contribution in [-0.2, 0) is 24.4 Å². The Hall–Kier alpha value is -2.70. The summed E-state index contributed by atoms with van der Waals surface area (Å²) in [5, 5.41) is 0. The molecule has 0 unspecified atom stereocenters. The number of amides is 3. The first-order chi connectivity index (χ1) is 15.1. The van der Waals surface area contributed by atoms with Crippen LogP contribution in [0.4, 0.5) is 5.69 Å². The van der Waals surface area contributed by atoms with Crippen molar-refractivity contribution in [3.63, 3.8) is 0 Å². The van der Waals surface area contributed by atoms with E-state index in [4.69, 9.17) is 10.5 Å². The van der Waals surface area contributed by atoms with Crippen molar-refractivity contribution in [3.05, 3.63) is 18.2 Å². The Morgan fingerprint density at radius 3 is 2.53 bits per heavy atom. The molecule has 3 amide bonds. The van der Waals surface area contributed by atoms with Gasteiger partial charge in [-0.1, -0.05) is 6.07 Å². The number of para-hydroxylation sites is 1. The van der Waals surface area contributed by atoms with Crippen LogP contribution in [0.3, 0.4) is 0 Å². The van der Waals surface area contributed by atoms with Gasteiger partial charge in [-0.15, -0.1) is 0 Å². The summed E-state index contributed by atoms with van der Waals surface area (Å²) < 4.78 is 33.9. The van der Waals surface area contributed by atoms with E-state index < -0.39 is 27.9 Å². The number of benzene rings is 1. The van der Waals surface area contributed by atoms with Crippen molar-refractivity contribution in [2.24, 2.45) is 5.73 Å². The maximum atomic E-state index is 13.2. The largest absolute Gasteiger partial charge is 0.493 e. The Kier molecular flexibility index (Phi) is 7.06. The van der Waals surface area contributed by atoms with Gasteiger partial charge in [-0.05, 0) is 39.1 Å². The number of anilines is 1. The van der Waals surface area contributed by atoms with Gasteiger partial charge >= 0.3 is 0 Å². The third-order valence-corrected chi connectivity index (χ3v) is 7.27. The Morgan fingerprint density at radius 1 is 1.28 bits per heavy atom. The average molecular weight is 468 g/mol. The van der Waals surface area contributed by atoms with E-state index in [1.54, 1.807) is 6.07 Å². The van der Waals surface area contributed by atoms with E-state index in [2.05, 4.69) is 4.72 Å². The molecule has 3 rings (SSSR count). The fourth-order valence-electron chi connectivity index (χ4n) is 4.03. The highest BCUT2D eigenvalue weighted by molar-refractivity contribution is 7.89. The molecule has 176 valence electrons. The molecule has 2 atom stereocenters. The predicted molar refractivity (Wildman–Crippen MR) is 117 cm³/mol. The van der Waals surface area contributed by atoms with Crippen LogP contribution in [0.1, 0.15) is 19.3 Å².